The Morgan fingerprint density at radius 1 is 1.31 bits per heavy atom. The summed E-state index contributed by atoms with van der Waals surface area (Å²) in [6.07, 6.45) is 0. The molecule has 2 N–H and O–H groups in total. The van der Waals surface area contributed by atoms with E-state index in [2.05, 4.69) is 0 Å². The van der Waals surface area contributed by atoms with Gasteiger partial charge in [-0.25, -0.2) is 8.78 Å². The number of rotatable bonds is 1. The minimum absolute atomic E-state index is 0. The molecule has 5 heteroatoms. The normalized spacial score (nSPS) is 12.1. The van der Waals surface area contributed by atoms with Gasteiger partial charge in [-0.15, -0.1) is 12.4 Å². The van der Waals surface area contributed by atoms with E-state index in [-0.39, 0.29) is 23.0 Å². The largest absolute Gasteiger partial charge is 0.324 e. The lowest BCUT2D eigenvalue weighted by atomic mass is 10.1. The molecule has 1 aromatic rings. The highest BCUT2D eigenvalue weighted by Gasteiger charge is 2.13. The van der Waals surface area contributed by atoms with Crippen molar-refractivity contribution < 1.29 is 8.78 Å². The predicted molar refractivity (Wildman–Crippen MR) is 51.2 cm³/mol. The Balaban J connectivity index is 0.00000144. The molecular formula is C8H9Cl2F2N. The van der Waals surface area contributed by atoms with Crippen LogP contribution in [0.3, 0.4) is 0 Å². The Bertz CT molecular complexity index is 279. The highest BCUT2D eigenvalue weighted by Crippen LogP contribution is 2.22. The molecule has 0 fully saturated rings. The van der Waals surface area contributed by atoms with E-state index in [0.717, 1.165) is 12.1 Å². The summed E-state index contributed by atoms with van der Waals surface area (Å²) < 4.78 is 25.9. The maximum Gasteiger partial charge on any atom is 0.132 e. The molecule has 0 heterocycles. The molecule has 1 aromatic carbocycles. The van der Waals surface area contributed by atoms with Crippen molar-refractivity contribution in [1.29, 1.82) is 0 Å². The van der Waals surface area contributed by atoms with Gasteiger partial charge in [-0.2, -0.15) is 0 Å². The Kier molecular flexibility index (Phi) is 4.61. The summed E-state index contributed by atoms with van der Waals surface area (Å²) >= 11 is 5.41. The summed E-state index contributed by atoms with van der Waals surface area (Å²) in [4.78, 5) is 0. The third-order valence-corrected chi connectivity index (χ3v) is 1.72. The molecule has 0 aliphatic carbocycles. The van der Waals surface area contributed by atoms with Crippen LogP contribution in [-0.4, -0.2) is 0 Å². The molecule has 0 spiro atoms. The van der Waals surface area contributed by atoms with E-state index in [1.807, 2.05) is 0 Å². The van der Waals surface area contributed by atoms with Gasteiger partial charge < -0.3 is 5.73 Å². The standard InChI is InChI=1S/C8H8ClF2N.ClH/c1-4(12)8-6(10)2-5(9)3-7(8)11;/h2-4H,12H2,1H3;1H/t4-;/m0./s1. The molecule has 0 radical (unpaired) electrons. The van der Waals surface area contributed by atoms with Crippen molar-refractivity contribution in [2.24, 2.45) is 5.73 Å². The lowest BCUT2D eigenvalue weighted by Crippen LogP contribution is -2.10. The monoisotopic (exact) mass is 227 g/mol. The molecule has 1 atom stereocenters. The second-order valence-corrected chi connectivity index (χ2v) is 3.01. The molecule has 13 heavy (non-hydrogen) atoms. The highest BCUT2D eigenvalue weighted by atomic mass is 35.5. The maximum atomic E-state index is 13.0. The van der Waals surface area contributed by atoms with Crippen LogP contribution in [0.25, 0.3) is 0 Å². The molecule has 0 aliphatic rings. The van der Waals surface area contributed by atoms with Gasteiger partial charge in [0.25, 0.3) is 0 Å². The Morgan fingerprint density at radius 3 is 2.00 bits per heavy atom. The number of nitrogens with two attached hydrogens (primary N) is 1. The summed E-state index contributed by atoms with van der Waals surface area (Å²) in [5.74, 6) is -1.40. The minimum Gasteiger partial charge on any atom is -0.324 e. The zero-order valence-corrected chi connectivity index (χ0v) is 8.42. The van der Waals surface area contributed by atoms with Gasteiger partial charge in [0.2, 0.25) is 0 Å². The summed E-state index contributed by atoms with van der Waals surface area (Å²) in [5.41, 5.74) is 5.22. The topological polar surface area (TPSA) is 26.0 Å². The van der Waals surface area contributed by atoms with Crippen molar-refractivity contribution in [3.8, 4) is 0 Å². The van der Waals surface area contributed by atoms with Gasteiger partial charge in [-0.1, -0.05) is 11.6 Å². The smallest absolute Gasteiger partial charge is 0.132 e. The third-order valence-electron chi connectivity index (χ3n) is 1.50. The van der Waals surface area contributed by atoms with Crippen molar-refractivity contribution in [2.45, 2.75) is 13.0 Å². The van der Waals surface area contributed by atoms with Crippen LogP contribution in [0.5, 0.6) is 0 Å². The fourth-order valence-corrected chi connectivity index (χ4v) is 1.18. The van der Waals surface area contributed by atoms with Crippen LogP contribution in [0, 0.1) is 11.6 Å². The first-order valence-electron chi connectivity index (χ1n) is 3.42. The van der Waals surface area contributed by atoms with E-state index < -0.39 is 17.7 Å². The summed E-state index contributed by atoms with van der Waals surface area (Å²) in [5, 5.41) is 0.0365. The first-order valence-corrected chi connectivity index (χ1v) is 3.80. The quantitative estimate of drug-likeness (QED) is 0.785. The molecule has 0 aromatic heterocycles. The number of benzene rings is 1. The van der Waals surface area contributed by atoms with Crippen LogP contribution >= 0.6 is 24.0 Å². The van der Waals surface area contributed by atoms with E-state index in [1.165, 1.54) is 6.92 Å². The zero-order valence-electron chi connectivity index (χ0n) is 6.85. The first kappa shape index (κ1) is 12.6. The number of hydrogen-bond donors (Lipinski definition) is 1. The second-order valence-electron chi connectivity index (χ2n) is 2.57. The Morgan fingerprint density at radius 2 is 1.69 bits per heavy atom. The lowest BCUT2D eigenvalue weighted by molar-refractivity contribution is 0.537. The minimum atomic E-state index is -0.699. The molecule has 74 valence electrons. The molecule has 0 unspecified atom stereocenters. The van der Waals surface area contributed by atoms with Crippen molar-refractivity contribution in [1.82, 2.24) is 0 Å². The van der Waals surface area contributed by atoms with Crippen LogP contribution in [0.1, 0.15) is 18.5 Å². The molecular weight excluding hydrogens is 219 g/mol. The van der Waals surface area contributed by atoms with Crippen molar-refractivity contribution in [2.75, 3.05) is 0 Å². The van der Waals surface area contributed by atoms with Gasteiger partial charge in [-0.3, -0.25) is 0 Å². The summed E-state index contributed by atoms with van der Waals surface area (Å²) in [7, 11) is 0. The van der Waals surface area contributed by atoms with Crippen molar-refractivity contribution in [3.05, 3.63) is 34.4 Å². The van der Waals surface area contributed by atoms with Gasteiger partial charge in [0, 0.05) is 16.6 Å². The van der Waals surface area contributed by atoms with E-state index >= 15 is 0 Å². The maximum absolute atomic E-state index is 13.0. The Labute approximate surface area is 86.3 Å². The number of halogens is 4. The summed E-state index contributed by atoms with van der Waals surface area (Å²) in [6.45, 7) is 1.51. The van der Waals surface area contributed by atoms with Gasteiger partial charge in [0.15, 0.2) is 0 Å². The SMILES string of the molecule is C[C@H](N)c1c(F)cc(Cl)cc1F.Cl. The van der Waals surface area contributed by atoms with Crippen LogP contribution in [0.15, 0.2) is 12.1 Å². The van der Waals surface area contributed by atoms with Crippen LogP contribution < -0.4 is 5.73 Å². The zero-order chi connectivity index (χ0) is 9.30. The molecule has 0 amide bonds. The average Bonchev–Trinajstić information content (AvgIpc) is 1.82. The summed E-state index contributed by atoms with van der Waals surface area (Å²) in [6, 6.07) is 1.43. The van der Waals surface area contributed by atoms with Gasteiger partial charge >= 0.3 is 0 Å². The number of hydrogen-bond acceptors (Lipinski definition) is 1. The van der Waals surface area contributed by atoms with E-state index in [1.54, 1.807) is 0 Å². The molecule has 0 aliphatic heterocycles. The van der Waals surface area contributed by atoms with Gasteiger partial charge in [0.05, 0.1) is 0 Å². The molecule has 0 saturated heterocycles. The molecule has 0 bridgehead atoms. The third kappa shape index (κ3) is 2.79. The van der Waals surface area contributed by atoms with Gasteiger partial charge in [0.1, 0.15) is 11.6 Å². The fraction of sp³-hybridized carbons (Fsp3) is 0.250. The predicted octanol–water partition coefficient (Wildman–Crippen LogP) is 3.06. The van der Waals surface area contributed by atoms with Crippen LogP contribution in [0.2, 0.25) is 5.02 Å². The fourth-order valence-electron chi connectivity index (χ4n) is 0.988. The van der Waals surface area contributed by atoms with E-state index in [4.69, 9.17) is 17.3 Å². The van der Waals surface area contributed by atoms with Crippen LogP contribution in [-0.2, 0) is 0 Å². The Hall–Kier alpha value is -0.380. The molecule has 1 nitrogen and oxygen atoms in total. The van der Waals surface area contributed by atoms with E-state index in [9.17, 15) is 8.78 Å². The molecule has 1 rings (SSSR count). The highest BCUT2D eigenvalue weighted by molar-refractivity contribution is 6.30. The van der Waals surface area contributed by atoms with Crippen molar-refractivity contribution >= 4 is 24.0 Å². The van der Waals surface area contributed by atoms with Crippen LogP contribution in [0.4, 0.5) is 8.78 Å². The second kappa shape index (κ2) is 4.74. The molecule has 0 saturated carbocycles. The average molecular weight is 228 g/mol. The van der Waals surface area contributed by atoms with E-state index in [0.29, 0.717) is 0 Å². The first-order chi connectivity index (χ1) is 5.52. The lowest BCUT2D eigenvalue weighted by Gasteiger charge is -2.08. The van der Waals surface area contributed by atoms with Crippen molar-refractivity contribution in [3.63, 3.8) is 0 Å². The van der Waals surface area contributed by atoms with Gasteiger partial charge in [-0.05, 0) is 19.1 Å².